The van der Waals surface area contributed by atoms with Crippen LogP contribution in [0, 0.1) is 0 Å². The van der Waals surface area contributed by atoms with Crippen molar-refractivity contribution < 1.29 is 14.3 Å². The Morgan fingerprint density at radius 1 is 1.40 bits per heavy atom. The molecule has 0 aromatic heterocycles. The molecular weight excluding hydrogens is 196 g/mol. The molecule has 1 amide bonds. The lowest BCUT2D eigenvalue weighted by molar-refractivity contribution is -0.143. The van der Waals surface area contributed by atoms with E-state index in [1.165, 1.54) is 0 Å². The Labute approximate surface area is 90.4 Å². The third-order valence-corrected chi connectivity index (χ3v) is 2.17. The molecule has 0 saturated carbocycles. The predicted molar refractivity (Wildman–Crippen MR) is 57.1 cm³/mol. The van der Waals surface area contributed by atoms with E-state index in [1.807, 2.05) is 6.92 Å². The standard InChI is InChI=1S/C10H20N2O3/c1-4-10(3,11)9(14)12-7-6-8(13)15-5-2/h4-7,11H2,1-3H3,(H,12,14). The fraction of sp³-hybridized carbons (Fsp3) is 0.800. The van der Waals surface area contributed by atoms with Crippen LogP contribution >= 0.6 is 0 Å². The van der Waals surface area contributed by atoms with Crippen molar-refractivity contribution in [3.63, 3.8) is 0 Å². The first-order chi connectivity index (χ1) is 6.94. The molecule has 15 heavy (non-hydrogen) atoms. The molecular formula is C10H20N2O3. The topological polar surface area (TPSA) is 81.4 Å². The van der Waals surface area contributed by atoms with E-state index in [-0.39, 0.29) is 24.8 Å². The van der Waals surface area contributed by atoms with Gasteiger partial charge < -0.3 is 15.8 Å². The van der Waals surface area contributed by atoms with Crippen molar-refractivity contribution in [2.75, 3.05) is 13.2 Å². The number of nitrogens with one attached hydrogen (secondary N) is 1. The van der Waals surface area contributed by atoms with E-state index in [2.05, 4.69) is 5.32 Å². The highest BCUT2D eigenvalue weighted by Gasteiger charge is 2.25. The molecule has 0 saturated heterocycles. The number of ether oxygens (including phenoxy) is 1. The quantitative estimate of drug-likeness (QED) is 0.621. The van der Waals surface area contributed by atoms with E-state index in [0.717, 1.165) is 0 Å². The molecule has 0 radical (unpaired) electrons. The smallest absolute Gasteiger partial charge is 0.307 e. The van der Waals surface area contributed by atoms with Crippen LogP contribution in [0.5, 0.6) is 0 Å². The molecule has 1 unspecified atom stereocenters. The number of hydrogen-bond donors (Lipinski definition) is 2. The van der Waals surface area contributed by atoms with Gasteiger partial charge in [-0.2, -0.15) is 0 Å². The molecule has 0 aliphatic carbocycles. The number of esters is 1. The Morgan fingerprint density at radius 3 is 2.47 bits per heavy atom. The minimum Gasteiger partial charge on any atom is -0.466 e. The fourth-order valence-electron chi connectivity index (χ4n) is 0.874. The number of carbonyl (C=O) groups is 2. The van der Waals surface area contributed by atoms with Crippen LogP contribution in [0.4, 0.5) is 0 Å². The SMILES string of the molecule is CCOC(=O)CCNC(=O)C(C)(N)CC. The molecule has 1 atom stereocenters. The Hall–Kier alpha value is -1.10. The summed E-state index contributed by atoms with van der Waals surface area (Å²) in [5, 5.41) is 2.60. The summed E-state index contributed by atoms with van der Waals surface area (Å²) in [6.45, 7) is 5.86. The number of rotatable bonds is 6. The average Bonchev–Trinajstić information content (AvgIpc) is 2.18. The molecule has 0 spiro atoms. The number of hydrogen-bond acceptors (Lipinski definition) is 4. The summed E-state index contributed by atoms with van der Waals surface area (Å²) in [7, 11) is 0. The first-order valence-corrected chi connectivity index (χ1v) is 5.16. The van der Waals surface area contributed by atoms with Crippen molar-refractivity contribution >= 4 is 11.9 Å². The molecule has 5 nitrogen and oxygen atoms in total. The molecule has 0 heterocycles. The highest BCUT2D eigenvalue weighted by atomic mass is 16.5. The van der Waals surface area contributed by atoms with E-state index in [1.54, 1.807) is 13.8 Å². The first kappa shape index (κ1) is 13.9. The van der Waals surface area contributed by atoms with Crippen LogP contribution in [0.25, 0.3) is 0 Å². The summed E-state index contributed by atoms with van der Waals surface area (Å²) < 4.78 is 4.71. The Bertz CT molecular complexity index is 227. The summed E-state index contributed by atoms with van der Waals surface area (Å²) in [5.41, 5.74) is 4.84. The maximum atomic E-state index is 11.4. The van der Waals surface area contributed by atoms with Gasteiger partial charge in [0.25, 0.3) is 0 Å². The molecule has 0 rings (SSSR count). The summed E-state index contributed by atoms with van der Waals surface area (Å²) in [6.07, 6.45) is 0.734. The molecule has 0 bridgehead atoms. The lowest BCUT2D eigenvalue weighted by atomic mass is 10.00. The Kier molecular flexibility index (Phi) is 5.93. The van der Waals surface area contributed by atoms with E-state index >= 15 is 0 Å². The van der Waals surface area contributed by atoms with Crippen molar-refractivity contribution in [2.24, 2.45) is 5.73 Å². The largest absolute Gasteiger partial charge is 0.466 e. The molecule has 0 aromatic carbocycles. The number of amides is 1. The minimum absolute atomic E-state index is 0.180. The van der Waals surface area contributed by atoms with Gasteiger partial charge in [0.2, 0.25) is 5.91 Å². The van der Waals surface area contributed by atoms with E-state index in [9.17, 15) is 9.59 Å². The van der Waals surface area contributed by atoms with E-state index < -0.39 is 5.54 Å². The van der Waals surface area contributed by atoms with Gasteiger partial charge in [-0.05, 0) is 20.3 Å². The van der Waals surface area contributed by atoms with Gasteiger partial charge in [0.15, 0.2) is 0 Å². The van der Waals surface area contributed by atoms with Gasteiger partial charge in [-0.1, -0.05) is 6.92 Å². The lowest BCUT2D eigenvalue weighted by Crippen LogP contribution is -2.51. The first-order valence-electron chi connectivity index (χ1n) is 5.16. The van der Waals surface area contributed by atoms with Crippen LogP contribution in [0.1, 0.15) is 33.6 Å². The third-order valence-electron chi connectivity index (χ3n) is 2.17. The third kappa shape index (κ3) is 5.37. The molecule has 3 N–H and O–H groups in total. The van der Waals surface area contributed by atoms with Gasteiger partial charge >= 0.3 is 5.97 Å². The minimum atomic E-state index is -0.866. The predicted octanol–water partition coefficient (Wildman–Crippen LogP) is 0.183. The normalized spacial score (nSPS) is 14.1. The van der Waals surface area contributed by atoms with Crippen molar-refractivity contribution in [3.05, 3.63) is 0 Å². The van der Waals surface area contributed by atoms with Crippen molar-refractivity contribution in [1.82, 2.24) is 5.32 Å². The Morgan fingerprint density at radius 2 is 2.00 bits per heavy atom. The van der Waals surface area contributed by atoms with E-state index in [0.29, 0.717) is 13.0 Å². The summed E-state index contributed by atoms with van der Waals surface area (Å²) in [5.74, 6) is -0.553. The second kappa shape index (κ2) is 6.40. The highest BCUT2D eigenvalue weighted by molar-refractivity contribution is 5.85. The maximum absolute atomic E-state index is 11.4. The van der Waals surface area contributed by atoms with Crippen LogP contribution in [0.15, 0.2) is 0 Å². The van der Waals surface area contributed by atoms with Gasteiger partial charge in [0.1, 0.15) is 0 Å². The van der Waals surface area contributed by atoms with Gasteiger partial charge in [0.05, 0.1) is 18.6 Å². The number of nitrogens with two attached hydrogens (primary N) is 1. The lowest BCUT2D eigenvalue weighted by Gasteiger charge is -2.21. The molecule has 0 aromatic rings. The number of carbonyl (C=O) groups excluding carboxylic acids is 2. The summed E-state index contributed by atoms with van der Waals surface area (Å²) in [6, 6.07) is 0. The molecule has 0 aliphatic heterocycles. The molecule has 5 heteroatoms. The monoisotopic (exact) mass is 216 g/mol. The molecule has 0 fully saturated rings. The zero-order valence-corrected chi connectivity index (χ0v) is 9.63. The van der Waals surface area contributed by atoms with E-state index in [4.69, 9.17) is 10.5 Å². The van der Waals surface area contributed by atoms with Crippen LogP contribution < -0.4 is 11.1 Å². The van der Waals surface area contributed by atoms with Crippen LogP contribution in [0.2, 0.25) is 0 Å². The van der Waals surface area contributed by atoms with Crippen molar-refractivity contribution in [2.45, 2.75) is 39.2 Å². The maximum Gasteiger partial charge on any atom is 0.307 e. The average molecular weight is 216 g/mol. The van der Waals surface area contributed by atoms with Gasteiger partial charge in [-0.25, -0.2) is 0 Å². The zero-order valence-electron chi connectivity index (χ0n) is 9.63. The Balaban J connectivity index is 3.78. The van der Waals surface area contributed by atoms with Gasteiger partial charge in [0, 0.05) is 6.54 Å². The second-order valence-corrected chi connectivity index (χ2v) is 3.58. The fourth-order valence-corrected chi connectivity index (χ4v) is 0.874. The van der Waals surface area contributed by atoms with Crippen molar-refractivity contribution in [1.29, 1.82) is 0 Å². The van der Waals surface area contributed by atoms with Gasteiger partial charge in [-0.15, -0.1) is 0 Å². The molecule has 0 aliphatic rings. The zero-order chi connectivity index (χ0) is 11.9. The van der Waals surface area contributed by atoms with Crippen molar-refractivity contribution in [3.8, 4) is 0 Å². The van der Waals surface area contributed by atoms with Crippen LogP contribution in [-0.4, -0.2) is 30.6 Å². The summed E-state index contributed by atoms with van der Waals surface area (Å²) in [4.78, 5) is 22.4. The van der Waals surface area contributed by atoms with Crippen LogP contribution in [-0.2, 0) is 14.3 Å². The second-order valence-electron chi connectivity index (χ2n) is 3.58. The van der Waals surface area contributed by atoms with Crippen LogP contribution in [0.3, 0.4) is 0 Å². The summed E-state index contributed by atoms with van der Waals surface area (Å²) >= 11 is 0. The van der Waals surface area contributed by atoms with Gasteiger partial charge in [-0.3, -0.25) is 9.59 Å². The molecule has 88 valence electrons. The highest BCUT2D eigenvalue weighted by Crippen LogP contribution is 2.03.